The van der Waals surface area contributed by atoms with E-state index in [2.05, 4.69) is 17.0 Å². The average Bonchev–Trinajstić information content (AvgIpc) is 2.56. The van der Waals surface area contributed by atoms with E-state index in [9.17, 15) is 17.9 Å². The summed E-state index contributed by atoms with van der Waals surface area (Å²) in [6.07, 6.45) is 5.70. The van der Waals surface area contributed by atoms with E-state index in [1.54, 1.807) is 38.1 Å². The molecular weight excluding hydrogens is 379 g/mol. The quantitative estimate of drug-likeness (QED) is 0.326. The molecule has 28 heavy (non-hydrogen) atoms. The van der Waals surface area contributed by atoms with E-state index in [4.69, 9.17) is 0 Å². The number of benzene rings is 1. The lowest BCUT2D eigenvalue weighted by atomic mass is 9.89. The maximum atomic E-state index is 13.9. The van der Waals surface area contributed by atoms with Crippen LogP contribution in [-0.2, 0) is 15.7 Å². The maximum absolute atomic E-state index is 13.9. The predicted octanol–water partition coefficient (Wildman–Crippen LogP) is 4.54. The van der Waals surface area contributed by atoms with Gasteiger partial charge in [-0.05, 0) is 69.7 Å². The zero-order chi connectivity index (χ0) is 21.4. The van der Waals surface area contributed by atoms with E-state index in [1.165, 1.54) is 0 Å². The molecule has 1 aromatic rings. The van der Waals surface area contributed by atoms with Crippen LogP contribution in [0.3, 0.4) is 0 Å². The van der Waals surface area contributed by atoms with Crippen LogP contribution >= 0.6 is 0 Å². The van der Waals surface area contributed by atoms with Crippen LogP contribution in [0, 0.1) is 5.92 Å². The molecule has 0 spiro atoms. The van der Waals surface area contributed by atoms with Crippen molar-refractivity contribution in [3.63, 3.8) is 0 Å². The van der Waals surface area contributed by atoms with Gasteiger partial charge in [-0.1, -0.05) is 38.8 Å². The van der Waals surface area contributed by atoms with E-state index >= 15 is 0 Å². The smallest absolute Gasteiger partial charge is 0.229 e. The van der Waals surface area contributed by atoms with Gasteiger partial charge in [0.2, 0.25) is 10.0 Å². The first kappa shape index (κ1) is 24.9. The maximum Gasteiger partial charge on any atom is 0.229 e. The summed E-state index contributed by atoms with van der Waals surface area (Å²) in [4.78, 5) is 0. The van der Waals surface area contributed by atoms with Crippen molar-refractivity contribution < 1.29 is 17.9 Å². The summed E-state index contributed by atoms with van der Waals surface area (Å²) in [6, 6.07) is 6.76. The third-order valence-electron chi connectivity index (χ3n) is 4.84. The Morgan fingerprint density at radius 3 is 2.25 bits per heavy atom. The largest absolute Gasteiger partial charge is 0.372 e. The number of halogens is 1. The number of nitrogens with one attached hydrogen (secondary N) is 2. The molecule has 1 aromatic carbocycles. The van der Waals surface area contributed by atoms with Gasteiger partial charge in [0, 0.05) is 5.69 Å². The molecule has 0 bridgehead atoms. The van der Waals surface area contributed by atoms with Crippen molar-refractivity contribution >= 4 is 15.7 Å². The van der Waals surface area contributed by atoms with Crippen molar-refractivity contribution in [1.82, 2.24) is 5.32 Å². The highest BCUT2D eigenvalue weighted by Crippen LogP contribution is 2.28. The van der Waals surface area contributed by atoms with Crippen LogP contribution in [0.25, 0.3) is 0 Å². The number of rotatable bonds is 13. The van der Waals surface area contributed by atoms with Crippen molar-refractivity contribution in [3.8, 4) is 0 Å². The highest BCUT2D eigenvalue weighted by molar-refractivity contribution is 7.92. The van der Waals surface area contributed by atoms with Crippen LogP contribution in [0.4, 0.5) is 10.1 Å². The Kier molecular flexibility index (Phi) is 9.37. The Morgan fingerprint density at radius 1 is 1.18 bits per heavy atom. The zero-order valence-corrected chi connectivity index (χ0v) is 18.7. The molecule has 0 amide bonds. The number of hydrogen-bond acceptors (Lipinski definition) is 4. The van der Waals surface area contributed by atoms with Crippen LogP contribution in [0.1, 0.15) is 71.8 Å². The van der Waals surface area contributed by atoms with E-state index in [0.717, 1.165) is 31.9 Å². The summed E-state index contributed by atoms with van der Waals surface area (Å²) in [7, 11) is -3.33. The highest BCUT2D eigenvalue weighted by atomic mass is 32.2. The number of sulfonamides is 1. The minimum Gasteiger partial charge on any atom is -0.372 e. The van der Waals surface area contributed by atoms with E-state index in [0.29, 0.717) is 36.6 Å². The van der Waals surface area contributed by atoms with Gasteiger partial charge in [0.1, 0.15) is 11.4 Å². The van der Waals surface area contributed by atoms with Gasteiger partial charge in [-0.25, -0.2) is 12.8 Å². The first-order valence-corrected chi connectivity index (χ1v) is 12.0. The average molecular weight is 417 g/mol. The van der Waals surface area contributed by atoms with E-state index in [-0.39, 0.29) is 0 Å². The third-order valence-corrected chi connectivity index (χ3v) is 5.44. The molecule has 0 heterocycles. The summed E-state index contributed by atoms with van der Waals surface area (Å²) in [5.41, 5.74) is -1.16. The van der Waals surface area contributed by atoms with Crippen LogP contribution in [-0.4, -0.2) is 32.0 Å². The Balaban J connectivity index is 2.69. The van der Waals surface area contributed by atoms with Crippen molar-refractivity contribution in [2.45, 2.75) is 77.6 Å². The minimum absolute atomic E-state index is 0.336. The van der Waals surface area contributed by atoms with Gasteiger partial charge in [-0.3, -0.25) is 10.0 Å². The second-order valence-corrected chi connectivity index (χ2v) is 10.1. The molecular formula is C21H37FN2O3S. The molecule has 0 aliphatic carbocycles. The molecule has 0 saturated carbocycles. The molecule has 5 nitrogen and oxygen atoms in total. The Hall–Kier alpha value is -1.18. The fourth-order valence-corrected chi connectivity index (χ4v) is 4.11. The lowest BCUT2D eigenvalue weighted by Crippen LogP contribution is -2.42. The van der Waals surface area contributed by atoms with Crippen molar-refractivity contribution in [3.05, 3.63) is 29.8 Å². The molecule has 0 fully saturated rings. The number of hydrogen-bond donors (Lipinski definition) is 3. The molecule has 0 aliphatic heterocycles. The molecule has 0 aromatic heterocycles. The molecule has 0 radical (unpaired) electrons. The van der Waals surface area contributed by atoms with Crippen LogP contribution in [0.5, 0.6) is 0 Å². The van der Waals surface area contributed by atoms with Gasteiger partial charge in [-0.2, -0.15) is 0 Å². The zero-order valence-electron chi connectivity index (χ0n) is 17.9. The van der Waals surface area contributed by atoms with Crippen molar-refractivity contribution in [2.24, 2.45) is 5.92 Å². The summed E-state index contributed by atoms with van der Waals surface area (Å²) in [5.74, 6) is 0.336. The number of anilines is 1. The van der Waals surface area contributed by atoms with Crippen LogP contribution < -0.4 is 10.0 Å². The fraction of sp³-hybridized carbons (Fsp3) is 0.714. The fourth-order valence-electron chi connectivity index (χ4n) is 3.55. The normalized spacial score (nSPS) is 15.8. The molecule has 0 aliphatic rings. The summed E-state index contributed by atoms with van der Waals surface area (Å²) >= 11 is 0. The van der Waals surface area contributed by atoms with E-state index < -0.39 is 21.4 Å². The SMILES string of the molecule is CCC[C@@](O)(NCCC[C@H](CC)CC(C)(C)F)c1ccc(NS(C)(=O)=O)cc1. The van der Waals surface area contributed by atoms with Crippen LogP contribution in [0.15, 0.2) is 24.3 Å². The number of aliphatic hydroxyl groups is 1. The molecule has 3 N–H and O–H groups in total. The van der Waals surface area contributed by atoms with E-state index in [1.807, 2.05) is 6.92 Å². The van der Waals surface area contributed by atoms with Crippen molar-refractivity contribution in [1.29, 1.82) is 0 Å². The molecule has 162 valence electrons. The van der Waals surface area contributed by atoms with Gasteiger partial charge < -0.3 is 5.11 Å². The molecule has 1 rings (SSSR count). The van der Waals surface area contributed by atoms with Crippen molar-refractivity contribution in [2.75, 3.05) is 17.5 Å². The summed E-state index contributed by atoms with van der Waals surface area (Å²) in [5, 5.41) is 14.4. The Bertz CT molecular complexity index is 687. The monoisotopic (exact) mass is 416 g/mol. The first-order valence-electron chi connectivity index (χ1n) is 10.1. The molecule has 0 saturated heterocycles. The van der Waals surface area contributed by atoms with Gasteiger partial charge in [0.15, 0.2) is 0 Å². The minimum atomic E-state index is -3.33. The Morgan fingerprint density at radius 2 is 1.79 bits per heavy atom. The topological polar surface area (TPSA) is 78.4 Å². The second kappa shape index (κ2) is 10.6. The van der Waals surface area contributed by atoms with Gasteiger partial charge in [0.25, 0.3) is 0 Å². The first-order chi connectivity index (χ1) is 12.9. The third kappa shape index (κ3) is 9.34. The molecule has 0 unspecified atom stereocenters. The molecule has 7 heteroatoms. The predicted molar refractivity (Wildman–Crippen MR) is 115 cm³/mol. The standard InChI is InChI=1S/C21H37FN2O3S/c1-6-14-21(25,18-10-12-19(13-11-18)24-28(5,26)27)23-15-8-9-17(7-2)16-20(3,4)22/h10-13,17,23-25H,6-9,14-16H2,1-5H3/t17-,21-/m0/s1. The Labute approximate surface area is 170 Å². The summed E-state index contributed by atoms with van der Waals surface area (Å²) in [6.45, 7) is 7.96. The van der Waals surface area contributed by atoms with Gasteiger partial charge in [0.05, 0.1) is 6.26 Å². The number of alkyl halides is 1. The lowest BCUT2D eigenvalue weighted by Gasteiger charge is -2.30. The van der Waals surface area contributed by atoms with Crippen LogP contribution in [0.2, 0.25) is 0 Å². The second-order valence-electron chi connectivity index (χ2n) is 8.33. The van der Waals surface area contributed by atoms with Gasteiger partial charge >= 0.3 is 0 Å². The van der Waals surface area contributed by atoms with Gasteiger partial charge in [-0.15, -0.1) is 0 Å². The lowest BCUT2D eigenvalue weighted by molar-refractivity contribution is -0.00941. The highest BCUT2D eigenvalue weighted by Gasteiger charge is 2.28. The summed E-state index contributed by atoms with van der Waals surface area (Å²) < 4.78 is 39.0. The molecule has 2 atom stereocenters.